The lowest BCUT2D eigenvalue weighted by atomic mass is 10.1. The molecule has 2 N–H and O–H groups in total. The van der Waals surface area contributed by atoms with E-state index in [1.165, 1.54) is 6.07 Å². The molecule has 0 saturated carbocycles. The minimum Gasteiger partial charge on any atom is -0.491 e. The summed E-state index contributed by atoms with van der Waals surface area (Å²) >= 11 is 1.08. The molecule has 1 atom stereocenters. The molecule has 9 heteroatoms. The number of benzene rings is 2. The third-order valence-corrected chi connectivity index (χ3v) is 5.34. The van der Waals surface area contributed by atoms with Crippen molar-refractivity contribution < 1.29 is 27.5 Å². The second-order valence-electron chi connectivity index (χ2n) is 6.91. The average Bonchev–Trinajstić information content (AvgIpc) is 2.72. The Morgan fingerprint density at radius 3 is 2.39 bits per heavy atom. The van der Waals surface area contributed by atoms with Gasteiger partial charge in [-0.05, 0) is 50.6 Å². The molecule has 31 heavy (non-hydrogen) atoms. The zero-order chi connectivity index (χ0) is 23.0. The van der Waals surface area contributed by atoms with E-state index in [1.807, 2.05) is 26.0 Å². The van der Waals surface area contributed by atoms with Crippen molar-refractivity contribution >= 4 is 35.0 Å². The second kappa shape index (κ2) is 11.1. The summed E-state index contributed by atoms with van der Waals surface area (Å²) in [4.78, 5) is 24.6. The zero-order valence-electron chi connectivity index (χ0n) is 17.5. The lowest BCUT2D eigenvalue weighted by molar-refractivity contribution is -0.137. The Bertz CT molecular complexity index is 902. The van der Waals surface area contributed by atoms with Crippen LogP contribution in [0.3, 0.4) is 0 Å². The van der Waals surface area contributed by atoms with Gasteiger partial charge in [-0.2, -0.15) is 13.2 Å². The van der Waals surface area contributed by atoms with Gasteiger partial charge in [0.15, 0.2) is 0 Å². The van der Waals surface area contributed by atoms with Crippen LogP contribution in [0.5, 0.6) is 5.75 Å². The Morgan fingerprint density at radius 1 is 1.10 bits per heavy atom. The quantitative estimate of drug-likeness (QED) is 0.525. The second-order valence-corrected chi connectivity index (χ2v) is 8.24. The summed E-state index contributed by atoms with van der Waals surface area (Å²) in [5, 5.41) is 4.56. The van der Waals surface area contributed by atoms with Gasteiger partial charge in [-0.15, -0.1) is 11.8 Å². The molecule has 2 aromatic rings. The normalized spacial score (nSPS) is 12.2. The molecule has 0 aliphatic carbocycles. The SMILES string of the molecule is CCCOc1ccc(C(F)(F)F)cc1NC(=O)C(C)SCC(=O)Nc1ccc(C)cc1. The largest absolute Gasteiger partial charge is 0.491 e. The van der Waals surface area contributed by atoms with E-state index in [4.69, 9.17) is 4.74 Å². The van der Waals surface area contributed by atoms with Crippen molar-refractivity contribution in [1.82, 2.24) is 0 Å². The van der Waals surface area contributed by atoms with Gasteiger partial charge in [0, 0.05) is 5.69 Å². The van der Waals surface area contributed by atoms with E-state index in [-0.39, 0.29) is 23.1 Å². The number of thioether (sulfide) groups is 1. The number of anilines is 2. The van der Waals surface area contributed by atoms with Crippen LogP contribution in [-0.2, 0) is 15.8 Å². The molecule has 5 nitrogen and oxygen atoms in total. The molecule has 0 radical (unpaired) electrons. The first-order valence-electron chi connectivity index (χ1n) is 9.73. The Kier molecular flexibility index (Phi) is 8.79. The lowest BCUT2D eigenvalue weighted by Gasteiger charge is -2.17. The van der Waals surface area contributed by atoms with Crippen molar-refractivity contribution in [3.8, 4) is 5.75 Å². The van der Waals surface area contributed by atoms with Gasteiger partial charge in [0.05, 0.1) is 28.9 Å². The molecule has 168 valence electrons. The fourth-order valence-electron chi connectivity index (χ4n) is 2.49. The smallest absolute Gasteiger partial charge is 0.416 e. The number of carbonyl (C=O) groups is 2. The molecule has 0 heterocycles. The predicted molar refractivity (Wildman–Crippen MR) is 118 cm³/mol. The minimum absolute atomic E-state index is 0.0181. The van der Waals surface area contributed by atoms with Gasteiger partial charge < -0.3 is 15.4 Å². The molecule has 2 amide bonds. The Labute approximate surface area is 183 Å². The number of alkyl halides is 3. The zero-order valence-corrected chi connectivity index (χ0v) is 18.3. The number of carbonyl (C=O) groups excluding carboxylic acids is 2. The summed E-state index contributed by atoms with van der Waals surface area (Å²) in [6.45, 7) is 5.69. The van der Waals surface area contributed by atoms with E-state index in [1.54, 1.807) is 19.1 Å². The van der Waals surface area contributed by atoms with E-state index in [9.17, 15) is 22.8 Å². The summed E-state index contributed by atoms with van der Waals surface area (Å²) in [5.74, 6) is -0.615. The fourth-order valence-corrected chi connectivity index (χ4v) is 3.17. The number of hydrogen-bond acceptors (Lipinski definition) is 4. The molecule has 0 fully saturated rings. The van der Waals surface area contributed by atoms with E-state index >= 15 is 0 Å². The Hall–Kier alpha value is -2.68. The lowest BCUT2D eigenvalue weighted by Crippen LogP contribution is -2.25. The summed E-state index contributed by atoms with van der Waals surface area (Å²) in [5.41, 5.74) is 0.777. The molecule has 0 saturated heterocycles. The maximum absolute atomic E-state index is 13.1. The van der Waals surface area contributed by atoms with Crippen LogP contribution in [0.15, 0.2) is 42.5 Å². The number of rotatable bonds is 9. The van der Waals surface area contributed by atoms with E-state index < -0.39 is 22.9 Å². The molecule has 2 aromatic carbocycles. The number of nitrogens with one attached hydrogen (secondary N) is 2. The van der Waals surface area contributed by atoms with Crippen molar-refractivity contribution in [1.29, 1.82) is 0 Å². The highest BCUT2D eigenvalue weighted by molar-refractivity contribution is 8.01. The van der Waals surface area contributed by atoms with E-state index in [0.29, 0.717) is 18.7 Å². The number of hydrogen-bond donors (Lipinski definition) is 2. The fraction of sp³-hybridized carbons (Fsp3) is 0.364. The van der Waals surface area contributed by atoms with Gasteiger partial charge in [-0.25, -0.2) is 0 Å². The van der Waals surface area contributed by atoms with Gasteiger partial charge >= 0.3 is 6.18 Å². The molecular formula is C22H25F3N2O3S. The van der Waals surface area contributed by atoms with Crippen molar-refractivity contribution in [3.05, 3.63) is 53.6 Å². The van der Waals surface area contributed by atoms with Crippen LogP contribution >= 0.6 is 11.8 Å². The van der Waals surface area contributed by atoms with Gasteiger partial charge in [0.25, 0.3) is 0 Å². The molecule has 2 rings (SSSR count). The molecule has 1 unspecified atom stereocenters. The van der Waals surface area contributed by atoms with Crippen molar-refractivity contribution in [3.63, 3.8) is 0 Å². The van der Waals surface area contributed by atoms with Gasteiger partial charge in [0.1, 0.15) is 5.75 Å². The van der Waals surface area contributed by atoms with E-state index in [0.717, 1.165) is 29.5 Å². The standard InChI is InChI=1S/C22H25F3N2O3S/c1-4-11-30-19-10-7-16(22(23,24)25)12-18(19)27-21(29)15(3)31-13-20(28)26-17-8-5-14(2)6-9-17/h5-10,12,15H,4,11,13H2,1-3H3,(H,26,28)(H,27,29). The number of halogens is 3. The molecule has 0 bridgehead atoms. The van der Waals surface area contributed by atoms with Gasteiger partial charge in [-0.1, -0.05) is 24.6 Å². The molecule has 0 aromatic heterocycles. The van der Waals surface area contributed by atoms with Crippen molar-refractivity contribution in [2.45, 2.75) is 38.6 Å². The predicted octanol–water partition coefficient (Wildman–Crippen LogP) is 5.50. The molecule has 0 spiro atoms. The van der Waals surface area contributed by atoms with Crippen molar-refractivity contribution in [2.24, 2.45) is 0 Å². The maximum Gasteiger partial charge on any atom is 0.416 e. The van der Waals surface area contributed by atoms with Crippen LogP contribution in [-0.4, -0.2) is 29.4 Å². The van der Waals surface area contributed by atoms with Crippen molar-refractivity contribution in [2.75, 3.05) is 23.0 Å². The first kappa shape index (κ1) is 24.6. The maximum atomic E-state index is 13.1. The topological polar surface area (TPSA) is 67.4 Å². The first-order chi connectivity index (χ1) is 14.6. The summed E-state index contributed by atoms with van der Waals surface area (Å²) in [7, 11) is 0. The molecule has 0 aliphatic rings. The van der Waals surface area contributed by atoms with Crippen LogP contribution in [0.25, 0.3) is 0 Å². The van der Waals surface area contributed by atoms with Crippen LogP contribution in [0, 0.1) is 6.92 Å². The van der Waals surface area contributed by atoms with Gasteiger partial charge in [-0.3, -0.25) is 9.59 Å². The molecular weight excluding hydrogens is 429 g/mol. The summed E-state index contributed by atoms with van der Waals surface area (Å²) in [6.07, 6.45) is -3.88. The Morgan fingerprint density at radius 2 is 1.77 bits per heavy atom. The highest BCUT2D eigenvalue weighted by atomic mass is 32.2. The third kappa shape index (κ3) is 7.82. The monoisotopic (exact) mass is 454 g/mol. The molecule has 0 aliphatic heterocycles. The highest BCUT2D eigenvalue weighted by Gasteiger charge is 2.31. The van der Waals surface area contributed by atoms with Crippen LogP contribution in [0.2, 0.25) is 0 Å². The average molecular weight is 455 g/mol. The minimum atomic E-state index is -4.54. The number of amides is 2. The number of aryl methyl sites for hydroxylation is 1. The van der Waals surface area contributed by atoms with Gasteiger partial charge in [0.2, 0.25) is 11.8 Å². The number of ether oxygens (including phenoxy) is 1. The Balaban J connectivity index is 1.98. The van der Waals surface area contributed by atoms with Crippen LogP contribution in [0.1, 0.15) is 31.4 Å². The first-order valence-corrected chi connectivity index (χ1v) is 10.8. The van der Waals surface area contributed by atoms with E-state index in [2.05, 4.69) is 10.6 Å². The van der Waals surface area contributed by atoms with Crippen LogP contribution in [0.4, 0.5) is 24.5 Å². The van der Waals surface area contributed by atoms with Crippen LogP contribution < -0.4 is 15.4 Å². The summed E-state index contributed by atoms with van der Waals surface area (Å²) < 4.78 is 44.6. The third-order valence-electron chi connectivity index (χ3n) is 4.20. The summed E-state index contributed by atoms with van der Waals surface area (Å²) in [6, 6.07) is 10.2. The highest BCUT2D eigenvalue weighted by Crippen LogP contribution is 2.35.